The molecule has 3 aromatic rings. The van der Waals surface area contributed by atoms with Crippen LogP contribution in [0.2, 0.25) is 0 Å². The topological polar surface area (TPSA) is 114 Å². The Bertz CT molecular complexity index is 904. The Hall–Kier alpha value is -2.31. The lowest BCUT2D eigenvalue weighted by atomic mass is 10.1. The van der Waals surface area contributed by atoms with Crippen molar-refractivity contribution in [2.75, 3.05) is 0 Å². The Morgan fingerprint density at radius 2 is 1.83 bits per heavy atom. The minimum Gasteiger partial charge on any atom is -0.326 e. The molecule has 0 aliphatic heterocycles. The molecule has 4 N–H and O–H groups in total. The van der Waals surface area contributed by atoms with E-state index in [1.807, 2.05) is 24.3 Å². The van der Waals surface area contributed by atoms with Gasteiger partial charge in [-0.2, -0.15) is 0 Å². The number of nitrogens with two attached hydrogens (primary N) is 1. The highest BCUT2D eigenvalue weighted by atomic mass is 31.2. The summed E-state index contributed by atoms with van der Waals surface area (Å²) in [7, 11) is -4.11. The van der Waals surface area contributed by atoms with Crippen molar-refractivity contribution in [1.82, 2.24) is 15.0 Å². The van der Waals surface area contributed by atoms with Gasteiger partial charge in [-0.25, -0.2) is 4.68 Å². The molecule has 0 aliphatic carbocycles. The molecule has 8 heteroatoms. The molecule has 0 atom stereocenters. The summed E-state index contributed by atoms with van der Waals surface area (Å²) in [5.74, 6) is 0. The van der Waals surface area contributed by atoms with Crippen LogP contribution in [0.4, 0.5) is 0 Å². The van der Waals surface area contributed by atoms with Gasteiger partial charge in [-0.3, -0.25) is 4.57 Å². The third-order valence-corrected chi connectivity index (χ3v) is 4.29. The molecular formula is C16H17N4O3P. The summed E-state index contributed by atoms with van der Waals surface area (Å²) < 4.78 is 12.7. The average molecular weight is 344 g/mol. The van der Waals surface area contributed by atoms with Crippen molar-refractivity contribution in [1.29, 1.82) is 0 Å². The van der Waals surface area contributed by atoms with E-state index in [4.69, 9.17) is 15.5 Å². The molecule has 2 aromatic carbocycles. The number of aromatic nitrogens is 3. The maximum atomic E-state index is 11.1. The van der Waals surface area contributed by atoms with Crippen molar-refractivity contribution in [2.24, 2.45) is 5.73 Å². The predicted molar refractivity (Wildman–Crippen MR) is 90.4 cm³/mol. The molecule has 7 nitrogen and oxygen atoms in total. The lowest BCUT2D eigenvalue weighted by molar-refractivity contribution is 0.371. The zero-order valence-corrected chi connectivity index (χ0v) is 13.7. The zero-order chi connectivity index (χ0) is 17.2. The van der Waals surface area contributed by atoms with Gasteiger partial charge in [0.25, 0.3) is 0 Å². The Kier molecular flexibility index (Phi) is 4.59. The third-order valence-electron chi connectivity index (χ3n) is 3.52. The van der Waals surface area contributed by atoms with Crippen molar-refractivity contribution in [3.8, 4) is 16.9 Å². The number of nitrogens with zero attached hydrogens (tertiary/aromatic N) is 3. The van der Waals surface area contributed by atoms with Crippen LogP contribution in [-0.2, 0) is 17.3 Å². The molecular weight excluding hydrogens is 327 g/mol. The highest BCUT2D eigenvalue weighted by molar-refractivity contribution is 7.50. The first-order valence-electron chi connectivity index (χ1n) is 7.30. The minimum absolute atomic E-state index is 0.305. The van der Waals surface area contributed by atoms with E-state index in [2.05, 4.69) is 10.3 Å². The fourth-order valence-electron chi connectivity index (χ4n) is 2.42. The van der Waals surface area contributed by atoms with Gasteiger partial charge in [0.15, 0.2) is 0 Å². The van der Waals surface area contributed by atoms with E-state index in [0.717, 1.165) is 11.1 Å². The van der Waals surface area contributed by atoms with Gasteiger partial charge in [0.1, 0.15) is 5.69 Å². The molecule has 0 bridgehead atoms. The van der Waals surface area contributed by atoms with Crippen molar-refractivity contribution < 1.29 is 14.4 Å². The van der Waals surface area contributed by atoms with Crippen LogP contribution >= 0.6 is 7.60 Å². The largest absolute Gasteiger partial charge is 0.329 e. The molecule has 1 aromatic heterocycles. The standard InChI is InChI=1S/C16H17N4O3P/c17-9-12-3-1-5-14(7-12)16-10-20(19-18-16)15-6-2-4-13(8-15)11-24(21,22)23/h1-8,10H,9,11,17H2,(H2,21,22,23). The van der Waals surface area contributed by atoms with Gasteiger partial charge in [0.05, 0.1) is 18.0 Å². The second-order valence-electron chi connectivity index (χ2n) is 5.45. The fraction of sp³-hybridized carbons (Fsp3) is 0.125. The van der Waals surface area contributed by atoms with Crippen molar-refractivity contribution in [3.05, 3.63) is 65.9 Å². The molecule has 0 amide bonds. The Morgan fingerprint density at radius 1 is 1.08 bits per heavy atom. The van der Waals surface area contributed by atoms with Gasteiger partial charge in [-0.15, -0.1) is 5.10 Å². The first kappa shape index (κ1) is 16.5. The lowest BCUT2D eigenvalue weighted by Gasteiger charge is -2.06. The second-order valence-corrected chi connectivity index (χ2v) is 7.09. The smallest absolute Gasteiger partial charge is 0.326 e. The molecule has 1 heterocycles. The normalized spacial score (nSPS) is 11.6. The predicted octanol–water partition coefficient (Wildman–Crippen LogP) is 2.07. The van der Waals surface area contributed by atoms with Gasteiger partial charge in [0.2, 0.25) is 0 Å². The number of benzene rings is 2. The molecule has 0 unspecified atom stereocenters. The van der Waals surface area contributed by atoms with E-state index in [1.165, 1.54) is 0 Å². The summed E-state index contributed by atoms with van der Waals surface area (Å²) in [6, 6.07) is 14.6. The summed E-state index contributed by atoms with van der Waals surface area (Å²) in [6.07, 6.45) is 1.47. The molecule has 0 saturated carbocycles. The molecule has 0 aliphatic rings. The summed E-state index contributed by atoms with van der Waals surface area (Å²) in [5, 5.41) is 8.26. The van der Waals surface area contributed by atoms with E-state index in [0.29, 0.717) is 23.5 Å². The lowest BCUT2D eigenvalue weighted by Crippen LogP contribution is -1.96. The molecule has 0 fully saturated rings. The number of hydrogen-bond donors (Lipinski definition) is 3. The molecule has 24 heavy (non-hydrogen) atoms. The van der Waals surface area contributed by atoms with Crippen LogP contribution in [0.5, 0.6) is 0 Å². The molecule has 0 saturated heterocycles. The Morgan fingerprint density at radius 3 is 2.58 bits per heavy atom. The van der Waals surface area contributed by atoms with Gasteiger partial charge >= 0.3 is 7.60 Å². The highest BCUT2D eigenvalue weighted by Gasteiger charge is 2.14. The molecule has 0 spiro atoms. The quantitative estimate of drug-likeness (QED) is 0.611. The average Bonchev–Trinajstić information content (AvgIpc) is 3.04. The zero-order valence-electron chi connectivity index (χ0n) is 12.8. The first-order valence-corrected chi connectivity index (χ1v) is 9.10. The van der Waals surface area contributed by atoms with Gasteiger partial charge < -0.3 is 15.5 Å². The molecule has 0 radical (unpaired) electrons. The fourth-order valence-corrected chi connectivity index (χ4v) is 3.09. The van der Waals surface area contributed by atoms with Crippen LogP contribution in [0.15, 0.2) is 54.7 Å². The van der Waals surface area contributed by atoms with Crippen LogP contribution in [0, 0.1) is 0 Å². The van der Waals surface area contributed by atoms with E-state index >= 15 is 0 Å². The summed E-state index contributed by atoms with van der Waals surface area (Å²) in [6.45, 7) is 0.451. The monoisotopic (exact) mass is 344 g/mol. The number of rotatable bonds is 5. The highest BCUT2D eigenvalue weighted by Crippen LogP contribution is 2.39. The SMILES string of the molecule is NCc1cccc(-c2cn(-c3cccc(CP(=O)(O)O)c3)nn2)c1. The van der Waals surface area contributed by atoms with Gasteiger partial charge in [-0.1, -0.05) is 35.5 Å². The summed E-state index contributed by atoms with van der Waals surface area (Å²) >= 11 is 0. The van der Waals surface area contributed by atoms with Crippen LogP contribution in [0.25, 0.3) is 16.9 Å². The van der Waals surface area contributed by atoms with E-state index in [9.17, 15) is 4.57 Å². The second kappa shape index (κ2) is 6.67. The maximum absolute atomic E-state index is 11.1. The van der Waals surface area contributed by atoms with Crippen LogP contribution in [-0.4, -0.2) is 24.8 Å². The van der Waals surface area contributed by atoms with E-state index in [-0.39, 0.29) is 6.16 Å². The molecule has 3 rings (SSSR count). The van der Waals surface area contributed by atoms with Crippen molar-refractivity contribution in [2.45, 2.75) is 12.7 Å². The van der Waals surface area contributed by atoms with Crippen molar-refractivity contribution in [3.63, 3.8) is 0 Å². The van der Waals surface area contributed by atoms with E-state index in [1.54, 1.807) is 35.1 Å². The van der Waals surface area contributed by atoms with Crippen LogP contribution < -0.4 is 5.73 Å². The minimum atomic E-state index is -4.11. The van der Waals surface area contributed by atoms with E-state index < -0.39 is 7.60 Å². The molecule has 124 valence electrons. The van der Waals surface area contributed by atoms with Crippen LogP contribution in [0.1, 0.15) is 11.1 Å². The van der Waals surface area contributed by atoms with Gasteiger partial charge in [0, 0.05) is 12.1 Å². The van der Waals surface area contributed by atoms with Gasteiger partial charge in [-0.05, 0) is 29.3 Å². The maximum Gasteiger partial charge on any atom is 0.329 e. The Labute approximate surface area is 138 Å². The summed E-state index contributed by atoms with van der Waals surface area (Å²) in [5.41, 5.74) is 9.51. The van der Waals surface area contributed by atoms with Crippen molar-refractivity contribution >= 4 is 7.60 Å². The Balaban J connectivity index is 1.90. The summed E-state index contributed by atoms with van der Waals surface area (Å²) in [4.78, 5) is 18.2. The van der Waals surface area contributed by atoms with Crippen LogP contribution in [0.3, 0.4) is 0 Å². The third kappa shape index (κ3) is 3.96. The number of hydrogen-bond acceptors (Lipinski definition) is 4. The first-order chi connectivity index (χ1) is 11.4.